The van der Waals surface area contributed by atoms with Crippen LogP contribution in [0.5, 0.6) is 5.75 Å². The smallest absolute Gasteiger partial charge is 0.252 e. The third kappa shape index (κ3) is 4.89. The highest BCUT2D eigenvalue weighted by molar-refractivity contribution is 5.96. The second-order valence-electron chi connectivity index (χ2n) is 6.82. The molecule has 1 aliphatic heterocycles. The average molecular weight is 382 g/mol. The monoisotopic (exact) mass is 382 g/mol. The Labute approximate surface area is 165 Å². The van der Waals surface area contributed by atoms with Crippen molar-refractivity contribution in [3.63, 3.8) is 0 Å². The van der Waals surface area contributed by atoms with Gasteiger partial charge in [-0.25, -0.2) is 0 Å². The van der Waals surface area contributed by atoms with Crippen molar-refractivity contribution in [1.82, 2.24) is 0 Å². The minimum Gasteiger partial charge on any atom is -0.497 e. The normalized spacial score (nSPS) is 13.0. The lowest BCUT2D eigenvalue weighted by Gasteiger charge is -2.29. The van der Waals surface area contributed by atoms with Crippen molar-refractivity contribution < 1.29 is 19.1 Å². The van der Waals surface area contributed by atoms with Crippen LogP contribution in [0.15, 0.2) is 42.5 Å². The number of nitrogens with zero attached hydrogens (tertiary/aromatic N) is 1. The van der Waals surface area contributed by atoms with E-state index in [4.69, 9.17) is 9.47 Å². The molecule has 1 N–H and O–H groups in total. The summed E-state index contributed by atoms with van der Waals surface area (Å²) in [5.74, 6) is 0.735. The summed E-state index contributed by atoms with van der Waals surface area (Å²) in [6.07, 6.45) is 2.86. The van der Waals surface area contributed by atoms with Crippen LogP contribution < -0.4 is 15.0 Å². The molecular weight excluding hydrogens is 356 g/mol. The third-order valence-corrected chi connectivity index (χ3v) is 4.85. The SMILES string of the molecule is COCC(=O)N1CCCc2cc(NC(=O)CCc3ccc(OC)cc3)ccc21. The molecule has 0 spiro atoms. The summed E-state index contributed by atoms with van der Waals surface area (Å²) in [5.41, 5.74) is 3.83. The van der Waals surface area contributed by atoms with Crippen molar-refractivity contribution in [2.75, 3.05) is 37.6 Å². The lowest BCUT2D eigenvalue weighted by atomic mass is 10.0. The maximum atomic E-state index is 12.3. The van der Waals surface area contributed by atoms with Crippen LogP contribution in [-0.4, -0.2) is 39.2 Å². The molecule has 1 aliphatic rings. The van der Waals surface area contributed by atoms with Crippen molar-refractivity contribution in [3.05, 3.63) is 53.6 Å². The van der Waals surface area contributed by atoms with Gasteiger partial charge in [-0.15, -0.1) is 0 Å². The molecule has 1 heterocycles. The molecule has 148 valence electrons. The molecule has 6 nitrogen and oxygen atoms in total. The first-order chi connectivity index (χ1) is 13.6. The molecule has 2 aromatic rings. The van der Waals surface area contributed by atoms with Crippen LogP contribution in [0.1, 0.15) is 24.0 Å². The van der Waals surface area contributed by atoms with Crippen LogP contribution in [0, 0.1) is 0 Å². The fourth-order valence-corrected chi connectivity index (χ4v) is 3.41. The number of nitrogens with one attached hydrogen (secondary N) is 1. The van der Waals surface area contributed by atoms with Crippen molar-refractivity contribution in [2.24, 2.45) is 0 Å². The van der Waals surface area contributed by atoms with Crippen molar-refractivity contribution >= 4 is 23.2 Å². The molecule has 0 saturated heterocycles. The van der Waals surface area contributed by atoms with E-state index < -0.39 is 0 Å². The highest BCUT2D eigenvalue weighted by Crippen LogP contribution is 2.30. The molecule has 0 radical (unpaired) electrons. The maximum absolute atomic E-state index is 12.3. The molecule has 0 aliphatic carbocycles. The number of amides is 2. The molecule has 3 rings (SSSR count). The van der Waals surface area contributed by atoms with Gasteiger partial charge in [-0.3, -0.25) is 9.59 Å². The number of carbonyl (C=O) groups is 2. The number of rotatable bonds is 7. The fourth-order valence-electron chi connectivity index (χ4n) is 3.41. The zero-order chi connectivity index (χ0) is 19.9. The van der Waals surface area contributed by atoms with E-state index >= 15 is 0 Å². The number of benzene rings is 2. The number of carbonyl (C=O) groups excluding carboxylic acids is 2. The first-order valence-corrected chi connectivity index (χ1v) is 9.45. The molecular formula is C22H26N2O4. The highest BCUT2D eigenvalue weighted by atomic mass is 16.5. The van der Waals surface area contributed by atoms with Crippen molar-refractivity contribution in [2.45, 2.75) is 25.7 Å². The molecule has 0 bridgehead atoms. The summed E-state index contributed by atoms with van der Waals surface area (Å²) < 4.78 is 10.1. The summed E-state index contributed by atoms with van der Waals surface area (Å²) in [7, 11) is 3.15. The molecule has 2 aromatic carbocycles. The van der Waals surface area contributed by atoms with Crippen molar-refractivity contribution in [3.8, 4) is 5.75 Å². The van der Waals surface area contributed by atoms with E-state index in [1.165, 1.54) is 7.11 Å². The van der Waals surface area contributed by atoms with Gasteiger partial charge in [0.15, 0.2) is 0 Å². The number of methoxy groups -OCH3 is 2. The van der Waals surface area contributed by atoms with Gasteiger partial charge < -0.3 is 19.7 Å². The van der Waals surface area contributed by atoms with E-state index in [9.17, 15) is 9.59 Å². The van der Waals surface area contributed by atoms with Crippen molar-refractivity contribution in [1.29, 1.82) is 0 Å². The molecule has 0 atom stereocenters. The van der Waals surface area contributed by atoms with E-state index in [1.54, 1.807) is 12.0 Å². The summed E-state index contributed by atoms with van der Waals surface area (Å²) in [5, 5.41) is 2.96. The Morgan fingerprint density at radius 2 is 1.89 bits per heavy atom. The second-order valence-corrected chi connectivity index (χ2v) is 6.82. The Kier molecular flexibility index (Phi) is 6.66. The number of fused-ring (bicyclic) bond motifs is 1. The molecule has 0 fully saturated rings. The van der Waals surface area contributed by atoms with Gasteiger partial charge in [-0.1, -0.05) is 12.1 Å². The van der Waals surface area contributed by atoms with E-state index in [2.05, 4.69) is 5.32 Å². The van der Waals surface area contributed by atoms with Gasteiger partial charge in [-0.2, -0.15) is 0 Å². The summed E-state index contributed by atoms with van der Waals surface area (Å²) in [6.45, 7) is 0.770. The summed E-state index contributed by atoms with van der Waals surface area (Å²) in [4.78, 5) is 26.3. The number of hydrogen-bond acceptors (Lipinski definition) is 4. The molecule has 2 amide bonds. The molecule has 0 unspecified atom stereocenters. The summed E-state index contributed by atoms with van der Waals surface area (Å²) in [6, 6.07) is 13.4. The quantitative estimate of drug-likeness (QED) is 0.799. The van der Waals surface area contributed by atoms with Crippen LogP contribution in [0.25, 0.3) is 0 Å². The second kappa shape index (κ2) is 9.37. The van der Waals surface area contributed by atoms with E-state index in [0.717, 1.165) is 41.1 Å². The van der Waals surface area contributed by atoms with Gasteiger partial charge in [0.1, 0.15) is 12.4 Å². The Morgan fingerprint density at radius 3 is 2.61 bits per heavy atom. The van der Waals surface area contributed by atoms with E-state index in [0.29, 0.717) is 19.4 Å². The van der Waals surface area contributed by atoms with Crippen LogP contribution in [0.2, 0.25) is 0 Å². The summed E-state index contributed by atoms with van der Waals surface area (Å²) >= 11 is 0. The molecule has 0 aromatic heterocycles. The van der Waals surface area contributed by atoms with Gasteiger partial charge in [0.05, 0.1) is 7.11 Å². The largest absolute Gasteiger partial charge is 0.497 e. The van der Waals surface area contributed by atoms with Crippen LogP contribution in [0.3, 0.4) is 0 Å². The first kappa shape index (κ1) is 19.9. The number of ether oxygens (including phenoxy) is 2. The standard InChI is InChI=1S/C22H26N2O4/c1-27-15-22(26)24-13-3-4-17-14-18(8-11-20(17)24)23-21(25)12-7-16-5-9-19(28-2)10-6-16/h5-6,8-11,14H,3-4,7,12-13,15H2,1-2H3,(H,23,25). The number of anilines is 2. The third-order valence-electron chi connectivity index (χ3n) is 4.85. The highest BCUT2D eigenvalue weighted by Gasteiger charge is 2.22. The number of aryl methyl sites for hydroxylation is 2. The minimum atomic E-state index is -0.0419. The molecule has 28 heavy (non-hydrogen) atoms. The van der Waals surface area contributed by atoms with E-state index in [1.807, 2.05) is 42.5 Å². The maximum Gasteiger partial charge on any atom is 0.252 e. The fraction of sp³-hybridized carbons (Fsp3) is 0.364. The lowest BCUT2D eigenvalue weighted by molar-refractivity contribution is -0.122. The van der Waals surface area contributed by atoms with Gasteiger partial charge >= 0.3 is 0 Å². The number of hydrogen-bond donors (Lipinski definition) is 1. The molecule has 0 saturated carbocycles. The first-order valence-electron chi connectivity index (χ1n) is 9.45. The lowest BCUT2D eigenvalue weighted by Crippen LogP contribution is -2.37. The predicted octanol–water partition coefficient (Wildman–Crippen LogP) is 3.19. The Balaban J connectivity index is 1.60. The Bertz CT molecular complexity index is 833. The van der Waals surface area contributed by atoms with E-state index in [-0.39, 0.29) is 18.4 Å². The average Bonchev–Trinajstić information content (AvgIpc) is 2.72. The zero-order valence-electron chi connectivity index (χ0n) is 16.4. The predicted molar refractivity (Wildman–Crippen MR) is 109 cm³/mol. The van der Waals surface area contributed by atoms with Crippen LogP contribution >= 0.6 is 0 Å². The topological polar surface area (TPSA) is 67.9 Å². The van der Waals surface area contributed by atoms with Crippen LogP contribution in [0.4, 0.5) is 11.4 Å². The van der Waals surface area contributed by atoms with Gasteiger partial charge in [-0.05, 0) is 60.7 Å². The van der Waals surface area contributed by atoms with Gasteiger partial charge in [0.2, 0.25) is 5.91 Å². The Morgan fingerprint density at radius 1 is 1.11 bits per heavy atom. The zero-order valence-corrected chi connectivity index (χ0v) is 16.4. The van der Waals surface area contributed by atoms with Gasteiger partial charge in [0.25, 0.3) is 5.91 Å². The van der Waals surface area contributed by atoms with Gasteiger partial charge in [0, 0.05) is 31.5 Å². The Hall–Kier alpha value is -2.86. The minimum absolute atomic E-state index is 0.0288. The molecule has 6 heteroatoms. The van der Waals surface area contributed by atoms with Crippen LogP contribution in [-0.2, 0) is 27.2 Å².